The SMILES string of the molecule is C1=CC2=C(c3ccccc3)N=C(n3c4ccccc4c4cc(-c5ccc(N(c6ccccc6)c6ccccc6)cc5)ccc43)NC2C=C1. The van der Waals surface area contributed by atoms with Crippen LogP contribution in [-0.2, 0) is 0 Å². The van der Waals surface area contributed by atoms with Crippen LogP contribution in [0.25, 0.3) is 38.6 Å². The van der Waals surface area contributed by atoms with Gasteiger partial charge in [-0.05, 0) is 65.7 Å². The Bertz CT molecular complexity index is 2360. The Labute approximate surface area is 279 Å². The summed E-state index contributed by atoms with van der Waals surface area (Å²) in [5.74, 6) is 0.827. The average Bonchev–Trinajstić information content (AvgIpc) is 3.50. The predicted molar refractivity (Wildman–Crippen MR) is 201 cm³/mol. The van der Waals surface area contributed by atoms with Crippen molar-refractivity contribution in [2.24, 2.45) is 4.99 Å². The van der Waals surface area contributed by atoms with Crippen molar-refractivity contribution in [1.29, 1.82) is 0 Å². The minimum Gasteiger partial charge on any atom is -0.345 e. The number of hydrogen-bond donors (Lipinski definition) is 1. The molecule has 0 amide bonds. The fourth-order valence-corrected chi connectivity index (χ4v) is 6.96. The van der Waals surface area contributed by atoms with Crippen LogP contribution < -0.4 is 10.2 Å². The number of anilines is 3. The summed E-state index contributed by atoms with van der Waals surface area (Å²) in [7, 11) is 0. The number of rotatable bonds is 5. The Kier molecular flexibility index (Phi) is 6.83. The molecule has 7 aromatic rings. The third kappa shape index (κ3) is 4.83. The highest BCUT2D eigenvalue weighted by molar-refractivity contribution is 6.15. The lowest BCUT2D eigenvalue weighted by Gasteiger charge is -2.28. The van der Waals surface area contributed by atoms with Gasteiger partial charge in [0, 0.05) is 39.0 Å². The molecule has 9 rings (SSSR count). The van der Waals surface area contributed by atoms with Crippen LogP contribution in [0.4, 0.5) is 17.1 Å². The van der Waals surface area contributed by atoms with E-state index in [1.807, 2.05) is 0 Å². The molecule has 48 heavy (non-hydrogen) atoms. The topological polar surface area (TPSA) is 32.6 Å². The van der Waals surface area contributed by atoms with Crippen LogP contribution in [-0.4, -0.2) is 16.6 Å². The first-order chi connectivity index (χ1) is 23.8. The van der Waals surface area contributed by atoms with E-state index in [2.05, 4.69) is 197 Å². The molecule has 0 saturated carbocycles. The minimum atomic E-state index is 0.0399. The highest BCUT2D eigenvalue weighted by Gasteiger charge is 2.26. The summed E-state index contributed by atoms with van der Waals surface area (Å²) in [5, 5.41) is 6.14. The van der Waals surface area contributed by atoms with Crippen LogP contribution in [0.2, 0.25) is 0 Å². The van der Waals surface area contributed by atoms with Gasteiger partial charge in [0.2, 0.25) is 5.96 Å². The molecule has 0 radical (unpaired) electrons. The summed E-state index contributed by atoms with van der Waals surface area (Å²) in [6, 6.07) is 55.9. The Morgan fingerprint density at radius 2 is 1.12 bits per heavy atom. The van der Waals surface area contributed by atoms with E-state index < -0.39 is 0 Å². The molecule has 6 aromatic carbocycles. The molecule has 1 aliphatic heterocycles. The van der Waals surface area contributed by atoms with Gasteiger partial charge in [-0.3, -0.25) is 4.57 Å². The van der Waals surface area contributed by atoms with Crippen LogP contribution in [0.1, 0.15) is 5.56 Å². The molecule has 0 saturated heterocycles. The first kappa shape index (κ1) is 27.9. The van der Waals surface area contributed by atoms with Gasteiger partial charge in [0.05, 0.1) is 22.8 Å². The van der Waals surface area contributed by atoms with E-state index in [1.54, 1.807) is 0 Å². The number of benzene rings is 6. The zero-order valence-electron chi connectivity index (χ0n) is 26.2. The first-order valence-corrected chi connectivity index (χ1v) is 16.4. The van der Waals surface area contributed by atoms with Gasteiger partial charge in [0.25, 0.3) is 0 Å². The van der Waals surface area contributed by atoms with Crippen molar-refractivity contribution in [3.8, 4) is 11.1 Å². The summed E-state index contributed by atoms with van der Waals surface area (Å²) in [6.07, 6.45) is 8.57. The molecule has 4 heteroatoms. The van der Waals surface area contributed by atoms with E-state index in [9.17, 15) is 0 Å². The lowest BCUT2D eigenvalue weighted by molar-refractivity contribution is 0.805. The molecule has 0 bridgehead atoms. The molecule has 1 atom stereocenters. The zero-order valence-corrected chi connectivity index (χ0v) is 26.2. The van der Waals surface area contributed by atoms with Crippen molar-refractivity contribution in [1.82, 2.24) is 9.88 Å². The number of para-hydroxylation sites is 3. The largest absolute Gasteiger partial charge is 0.345 e. The molecule has 4 nitrogen and oxygen atoms in total. The second kappa shape index (κ2) is 11.8. The van der Waals surface area contributed by atoms with E-state index in [0.29, 0.717) is 0 Å². The summed E-state index contributed by atoms with van der Waals surface area (Å²) in [6.45, 7) is 0. The zero-order chi connectivity index (χ0) is 31.9. The Morgan fingerprint density at radius 3 is 1.85 bits per heavy atom. The van der Waals surface area contributed by atoms with Gasteiger partial charge in [-0.15, -0.1) is 0 Å². The molecule has 1 aliphatic carbocycles. The normalized spacial score (nSPS) is 15.3. The van der Waals surface area contributed by atoms with Crippen molar-refractivity contribution in [3.05, 3.63) is 193 Å². The van der Waals surface area contributed by atoms with Gasteiger partial charge in [0.1, 0.15) is 0 Å². The second-order valence-electron chi connectivity index (χ2n) is 12.1. The van der Waals surface area contributed by atoms with Gasteiger partial charge < -0.3 is 10.2 Å². The molecular weight excluding hydrogens is 585 g/mol. The standard InChI is InChI=1S/C44H32N4/c1-4-14-32(15-5-1)43-38-21-10-12-22-40(38)45-44(46-43)48-41-23-13-11-20-37(41)39-30-33(26-29-42(39)48)31-24-27-36(28-25-31)47(34-16-6-2-7-17-34)35-18-8-3-9-19-35/h1-30,40H,(H,45,46). The van der Waals surface area contributed by atoms with Crippen molar-refractivity contribution < 1.29 is 0 Å². The number of nitrogens with one attached hydrogen (secondary N) is 1. The minimum absolute atomic E-state index is 0.0399. The molecule has 0 spiro atoms. The third-order valence-corrected chi connectivity index (χ3v) is 9.22. The molecule has 1 N–H and O–H groups in total. The van der Waals surface area contributed by atoms with E-state index in [-0.39, 0.29) is 6.04 Å². The summed E-state index contributed by atoms with van der Waals surface area (Å²) >= 11 is 0. The summed E-state index contributed by atoms with van der Waals surface area (Å²) in [5.41, 5.74) is 11.2. The lowest BCUT2D eigenvalue weighted by atomic mass is 9.95. The van der Waals surface area contributed by atoms with Crippen molar-refractivity contribution in [2.75, 3.05) is 4.90 Å². The van der Waals surface area contributed by atoms with Crippen LogP contribution >= 0.6 is 0 Å². The first-order valence-electron chi connectivity index (χ1n) is 16.4. The molecule has 1 unspecified atom stereocenters. The Morgan fingerprint density at radius 1 is 0.521 bits per heavy atom. The Hall–Kier alpha value is -6.39. The van der Waals surface area contributed by atoms with Crippen molar-refractivity contribution in [2.45, 2.75) is 6.04 Å². The van der Waals surface area contributed by atoms with E-state index in [0.717, 1.165) is 45.3 Å². The van der Waals surface area contributed by atoms with E-state index in [4.69, 9.17) is 4.99 Å². The number of allylic oxidation sites excluding steroid dienone is 2. The predicted octanol–water partition coefficient (Wildman–Crippen LogP) is 10.6. The van der Waals surface area contributed by atoms with Crippen LogP contribution in [0, 0.1) is 0 Å². The lowest BCUT2D eigenvalue weighted by Crippen LogP contribution is -2.42. The maximum absolute atomic E-state index is 5.29. The number of aliphatic imine (C=N–C) groups is 1. The summed E-state index contributed by atoms with van der Waals surface area (Å²) in [4.78, 5) is 7.59. The van der Waals surface area contributed by atoms with Gasteiger partial charge in [-0.2, -0.15) is 0 Å². The van der Waals surface area contributed by atoms with Gasteiger partial charge in [-0.25, -0.2) is 4.99 Å². The molecule has 2 heterocycles. The maximum atomic E-state index is 5.29. The second-order valence-corrected chi connectivity index (χ2v) is 12.1. The summed E-state index contributed by atoms with van der Waals surface area (Å²) < 4.78 is 2.28. The molecular formula is C44H32N4. The fourth-order valence-electron chi connectivity index (χ4n) is 6.96. The van der Waals surface area contributed by atoms with E-state index >= 15 is 0 Å². The number of fused-ring (bicyclic) bond motifs is 4. The molecule has 0 fully saturated rings. The molecule has 2 aliphatic rings. The van der Waals surface area contributed by atoms with Gasteiger partial charge >= 0.3 is 0 Å². The Balaban J connectivity index is 1.14. The van der Waals surface area contributed by atoms with Gasteiger partial charge in [-0.1, -0.05) is 127 Å². The van der Waals surface area contributed by atoms with Crippen LogP contribution in [0.5, 0.6) is 0 Å². The van der Waals surface area contributed by atoms with Crippen molar-refractivity contribution in [3.63, 3.8) is 0 Å². The van der Waals surface area contributed by atoms with Crippen LogP contribution in [0.3, 0.4) is 0 Å². The average molecular weight is 617 g/mol. The number of nitrogens with zero attached hydrogens (tertiary/aromatic N) is 3. The smallest absolute Gasteiger partial charge is 0.209 e. The maximum Gasteiger partial charge on any atom is 0.209 e. The highest BCUT2D eigenvalue weighted by atomic mass is 15.2. The fraction of sp³-hybridized carbons (Fsp3) is 0.0227. The van der Waals surface area contributed by atoms with Gasteiger partial charge in [0.15, 0.2) is 0 Å². The van der Waals surface area contributed by atoms with E-state index in [1.165, 1.54) is 27.5 Å². The molecule has 228 valence electrons. The highest BCUT2D eigenvalue weighted by Crippen LogP contribution is 2.38. The number of hydrogen-bond acceptors (Lipinski definition) is 3. The quantitative estimate of drug-likeness (QED) is 0.209. The molecule has 1 aromatic heterocycles. The number of aromatic nitrogens is 1. The third-order valence-electron chi connectivity index (χ3n) is 9.22. The van der Waals surface area contributed by atoms with Crippen molar-refractivity contribution >= 4 is 50.5 Å². The monoisotopic (exact) mass is 616 g/mol. The van der Waals surface area contributed by atoms with Crippen LogP contribution in [0.15, 0.2) is 193 Å².